The summed E-state index contributed by atoms with van der Waals surface area (Å²) in [6.45, 7) is 3.72. The number of amides is 2. The largest absolute Gasteiger partial charge is 0.326 e. The van der Waals surface area contributed by atoms with Gasteiger partial charge in [-0.2, -0.15) is 5.10 Å². The summed E-state index contributed by atoms with van der Waals surface area (Å²) in [5.41, 5.74) is 2.11. The van der Waals surface area contributed by atoms with Crippen LogP contribution in [0.4, 0.5) is 11.4 Å². The van der Waals surface area contributed by atoms with Gasteiger partial charge in [0.1, 0.15) is 0 Å². The highest BCUT2D eigenvalue weighted by Crippen LogP contribution is 2.14. The van der Waals surface area contributed by atoms with Gasteiger partial charge in [0.25, 0.3) is 0 Å². The second-order valence-electron chi connectivity index (χ2n) is 4.88. The van der Waals surface area contributed by atoms with Crippen LogP contribution in [0.25, 0.3) is 0 Å². The van der Waals surface area contributed by atoms with Crippen molar-refractivity contribution in [1.82, 2.24) is 9.78 Å². The molecule has 0 saturated heterocycles. The highest BCUT2D eigenvalue weighted by atomic mass is 35.5. The average molecular weight is 321 g/mol. The molecule has 0 aliphatic rings. The van der Waals surface area contributed by atoms with Crippen molar-refractivity contribution >= 4 is 34.8 Å². The highest BCUT2D eigenvalue weighted by molar-refractivity contribution is 6.31. The molecule has 0 aliphatic carbocycles. The molecule has 2 N–H and O–H groups in total. The molecule has 7 heteroatoms. The van der Waals surface area contributed by atoms with Gasteiger partial charge in [-0.15, -0.1) is 0 Å². The molecule has 0 atom stereocenters. The van der Waals surface area contributed by atoms with Gasteiger partial charge in [0.05, 0.1) is 10.7 Å². The summed E-state index contributed by atoms with van der Waals surface area (Å²) in [5, 5.41) is 10.2. The van der Waals surface area contributed by atoms with Gasteiger partial charge in [-0.1, -0.05) is 11.6 Å². The molecule has 2 aromatic rings. The Labute approximate surface area is 133 Å². The first kappa shape index (κ1) is 16.0. The first-order valence-electron chi connectivity index (χ1n) is 6.81. The second kappa shape index (κ2) is 7.09. The van der Waals surface area contributed by atoms with Crippen molar-refractivity contribution < 1.29 is 9.59 Å². The Bertz CT molecular complexity index is 660. The maximum atomic E-state index is 11.9. The van der Waals surface area contributed by atoms with Crippen LogP contribution >= 0.6 is 11.6 Å². The molecule has 6 nitrogen and oxygen atoms in total. The number of carbonyl (C=O) groups is 2. The van der Waals surface area contributed by atoms with Crippen LogP contribution in [0.5, 0.6) is 0 Å². The van der Waals surface area contributed by atoms with Crippen LogP contribution < -0.4 is 10.6 Å². The van der Waals surface area contributed by atoms with E-state index in [0.29, 0.717) is 29.4 Å². The minimum atomic E-state index is -0.134. The number of aryl methyl sites for hydroxylation is 2. The Morgan fingerprint density at radius 1 is 1.18 bits per heavy atom. The van der Waals surface area contributed by atoms with E-state index >= 15 is 0 Å². The first-order valence-corrected chi connectivity index (χ1v) is 7.19. The van der Waals surface area contributed by atoms with Crippen LogP contribution in [0.3, 0.4) is 0 Å². The lowest BCUT2D eigenvalue weighted by molar-refractivity contribution is -0.116. The minimum Gasteiger partial charge on any atom is -0.326 e. The van der Waals surface area contributed by atoms with E-state index in [0.717, 1.165) is 5.69 Å². The van der Waals surface area contributed by atoms with Crippen molar-refractivity contribution in [3.8, 4) is 0 Å². The summed E-state index contributed by atoms with van der Waals surface area (Å²) < 4.78 is 1.65. The van der Waals surface area contributed by atoms with Crippen molar-refractivity contribution in [1.29, 1.82) is 0 Å². The summed E-state index contributed by atoms with van der Waals surface area (Å²) in [4.78, 5) is 22.8. The van der Waals surface area contributed by atoms with Gasteiger partial charge >= 0.3 is 0 Å². The van der Waals surface area contributed by atoms with Crippen LogP contribution in [0.1, 0.15) is 19.0 Å². The van der Waals surface area contributed by atoms with Crippen LogP contribution in [0.15, 0.2) is 30.5 Å². The summed E-state index contributed by atoms with van der Waals surface area (Å²) in [6, 6.07) is 6.93. The van der Waals surface area contributed by atoms with Gasteiger partial charge in [-0.05, 0) is 31.2 Å². The van der Waals surface area contributed by atoms with Crippen LogP contribution in [-0.2, 0) is 16.1 Å². The molecular weight excluding hydrogens is 304 g/mol. The molecular formula is C15H17ClN4O2. The quantitative estimate of drug-likeness (QED) is 0.889. The van der Waals surface area contributed by atoms with Crippen molar-refractivity contribution in [3.05, 3.63) is 41.2 Å². The lowest BCUT2D eigenvalue weighted by Crippen LogP contribution is -2.15. The van der Waals surface area contributed by atoms with Crippen molar-refractivity contribution in [2.75, 3.05) is 10.6 Å². The van der Waals surface area contributed by atoms with E-state index in [1.54, 1.807) is 35.1 Å². The van der Waals surface area contributed by atoms with Gasteiger partial charge in [0, 0.05) is 37.5 Å². The Kier molecular flexibility index (Phi) is 5.16. The zero-order valence-corrected chi connectivity index (χ0v) is 13.1. The van der Waals surface area contributed by atoms with E-state index in [1.807, 2.05) is 6.92 Å². The van der Waals surface area contributed by atoms with E-state index in [2.05, 4.69) is 15.7 Å². The number of benzene rings is 1. The number of halogens is 1. The van der Waals surface area contributed by atoms with Gasteiger partial charge in [0.15, 0.2) is 0 Å². The van der Waals surface area contributed by atoms with Crippen LogP contribution in [0, 0.1) is 6.92 Å². The fraction of sp³-hybridized carbons (Fsp3) is 0.267. The molecule has 0 aliphatic heterocycles. The summed E-state index contributed by atoms with van der Waals surface area (Å²) in [6.07, 6.45) is 2.00. The second-order valence-corrected chi connectivity index (χ2v) is 5.29. The number of nitrogens with zero attached hydrogens (tertiary/aromatic N) is 2. The molecule has 2 rings (SSSR count). The molecule has 0 saturated carbocycles. The third-order valence-electron chi connectivity index (χ3n) is 2.94. The maximum Gasteiger partial charge on any atom is 0.226 e. The summed E-state index contributed by atoms with van der Waals surface area (Å²) in [5.74, 6) is -0.249. The number of nitrogens with one attached hydrogen (secondary N) is 2. The van der Waals surface area contributed by atoms with Crippen molar-refractivity contribution in [2.45, 2.75) is 26.8 Å². The fourth-order valence-corrected chi connectivity index (χ4v) is 2.04. The van der Waals surface area contributed by atoms with Crippen molar-refractivity contribution in [3.63, 3.8) is 0 Å². The molecule has 1 aromatic heterocycles. The predicted molar refractivity (Wildman–Crippen MR) is 86.0 cm³/mol. The molecule has 116 valence electrons. The average Bonchev–Trinajstić information content (AvgIpc) is 2.77. The monoisotopic (exact) mass is 320 g/mol. The minimum absolute atomic E-state index is 0.114. The zero-order valence-electron chi connectivity index (χ0n) is 12.4. The molecule has 0 radical (unpaired) electrons. The number of hydrogen-bond acceptors (Lipinski definition) is 3. The van der Waals surface area contributed by atoms with Gasteiger partial charge in [0.2, 0.25) is 11.8 Å². The smallest absolute Gasteiger partial charge is 0.226 e. The Balaban J connectivity index is 1.85. The topological polar surface area (TPSA) is 76.0 Å². The number of aromatic nitrogens is 2. The molecule has 1 aromatic carbocycles. The normalized spacial score (nSPS) is 10.3. The SMILES string of the molecule is CC(=O)Nc1ccc(NC(=O)CCn2cc(Cl)c(C)n2)cc1. The molecule has 0 unspecified atom stereocenters. The lowest BCUT2D eigenvalue weighted by Gasteiger charge is -2.07. The van der Waals surface area contributed by atoms with E-state index in [4.69, 9.17) is 11.6 Å². The Morgan fingerprint density at radius 3 is 2.27 bits per heavy atom. The molecule has 22 heavy (non-hydrogen) atoms. The van der Waals surface area contributed by atoms with Crippen molar-refractivity contribution in [2.24, 2.45) is 0 Å². The summed E-state index contributed by atoms with van der Waals surface area (Å²) >= 11 is 5.91. The lowest BCUT2D eigenvalue weighted by atomic mass is 10.2. The predicted octanol–water partition coefficient (Wildman–Crippen LogP) is 2.83. The molecule has 0 fully saturated rings. The number of rotatable bonds is 5. The Hall–Kier alpha value is -2.34. The van der Waals surface area contributed by atoms with E-state index < -0.39 is 0 Å². The number of hydrogen-bond donors (Lipinski definition) is 2. The fourth-order valence-electron chi connectivity index (χ4n) is 1.89. The van der Waals surface area contributed by atoms with Gasteiger partial charge < -0.3 is 10.6 Å². The highest BCUT2D eigenvalue weighted by Gasteiger charge is 2.06. The van der Waals surface area contributed by atoms with Gasteiger partial charge in [-0.3, -0.25) is 14.3 Å². The third kappa shape index (κ3) is 4.60. The molecule has 0 spiro atoms. The van der Waals surface area contributed by atoms with Crippen LogP contribution in [-0.4, -0.2) is 21.6 Å². The van der Waals surface area contributed by atoms with E-state index in [-0.39, 0.29) is 11.8 Å². The van der Waals surface area contributed by atoms with Gasteiger partial charge in [-0.25, -0.2) is 0 Å². The van der Waals surface area contributed by atoms with Crippen LogP contribution in [0.2, 0.25) is 5.02 Å². The van der Waals surface area contributed by atoms with E-state index in [9.17, 15) is 9.59 Å². The number of anilines is 2. The zero-order chi connectivity index (χ0) is 16.1. The molecule has 0 bridgehead atoms. The first-order chi connectivity index (χ1) is 10.4. The van der Waals surface area contributed by atoms with E-state index in [1.165, 1.54) is 6.92 Å². The molecule has 2 amide bonds. The summed E-state index contributed by atoms with van der Waals surface area (Å²) in [7, 11) is 0. The Morgan fingerprint density at radius 2 is 1.77 bits per heavy atom. The maximum absolute atomic E-state index is 11.9. The number of carbonyl (C=O) groups excluding carboxylic acids is 2. The molecule has 1 heterocycles. The standard InChI is InChI=1S/C15H17ClN4O2/c1-10-14(16)9-20(19-10)8-7-15(22)18-13-5-3-12(4-6-13)17-11(2)21/h3-6,9H,7-8H2,1-2H3,(H,17,21)(H,18,22). The third-order valence-corrected chi connectivity index (χ3v) is 3.31.